The van der Waals surface area contributed by atoms with Gasteiger partial charge in [0.2, 0.25) is 0 Å². The Balaban J connectivity index is 3.04. The zero-order valence-electron chi connectivity index (χ0n) is 9.05. The van der Waals surface area contributed by atoms with E-state index in [9.17, 15) is 13.2 Å². The first-order valence-electron chi connectivity index (χ1n) is 4.84. The summed E-state index contributed by atoms with van der Waals surface area (Å²) in [6.07, 6.45) is -4.33. The molecule has 90 valence electrons. The van der Waals surface area contributed by atoms with E-state index in [0.29, 0.717) is 6.54 Å². The average Bonchev–Trinajstić information content (AvgIpc) is 2.15. The zero-order valence-corrected chi connectivity index (χ0v) is 9.81. The normalized spacial score (nSPS) is 13.6. The van der Waals surface area contributed by atoms with Gasteiger partial charge in [0.1, 0.15) is 0 Å². The first-order valence-corrected chi connectivity index (χ1v) is 5.27. The second-order valence-electron chi connectivity index (χ2n) is 3.68. The van der Waals surface area contributed by atoms with Crippen molar-refractivity contribution in [3.8, 4) is 0 Å². The lowest BCUT2D eigenvalue weighted by molar-refractivity contribution is -0.137. The molecule has 0 aromatic heterocycles. The third-order valence-corrected chi connectivity index (χ3v) is 2.28. The number of nitrogens with zero attached hydrogens (tertiary/aromatic N) is 1. The van der Waals surface area contributed by atoms with Crippen LogP contribution in [0.15, 0.2) is 24.3 Å². The van der Waals surface area contributed by atoms with Crippen molar-refractivity contribution in [2.24, 2.45) is 0 Å². The molecular weight excluding hydrogens is 239 g/mol. The van der Waals surface area contributed by atoms with Crippen LogP contribution in [0.25, 0.3) is 0 Å². The van der Waals surface area contributed by atoms with Crippen molar-refractivity contribution in [2.75, 3.05) is 18.5 Å². The van der Waals surface area contributed by atoms with Crippen molar-refractivity contribution in [3.05, 3.63) is 29.8 Å². The maximum absolute atomic E-state index is 12.7. The summed E-state index contributed by atoms with van der Waals surface area (Å²) in [5.41, 5.74) is -0.475. The van der Waals surface area contributed by atoms with Crippen LogP contribution >= 0.6 is 11.6 Å². The molecule has 1 aromatic rings. The summed E-state index contributed by atoms with van der Waals surface area (Å²) in [6, 6.07) is 5.48. The number of benzene rings is 1. The van der Waals surface area contributed by atoms with E-state index in [2.05, 4.69) is 0 Å². The largest absolute Gasteiger partial charge is 0.418 e. The third kappa shape index (κ3) is 3.30. The predicted molar refractivity (Wildman–Crippen MR) is 60.0 cm³/mol. The maximum Gasteiger partial charge on any atom is 0.418 e. The number of hydrogen-bond acceptors (Lipinski definition) is 1. The molecule has 1 aromatic carbocycles. The Morgan fingerprint density at radius 3 is 2.38 bits per heavy atom. The van der Waals surface area contributed by atoms with Crippen LogP contribution in [0.4, 0.5) is 18.9 Å². The van der Waals surface area contributed by atoms with Gasteiger partial charge in [-0.1, -0.05) is 12.1 Å². The fourth-order valence-electron chi connectivity index (χ4n) is 1.52. The Labute approximate surface area is 97.8 Å². The van der Waals surface area contributed by atoms with Crippen LogP contribution in [0, 0.1) is 0 Å². The highest BCUT2D eigenvalue weighted by atomic mass is 35.5. The van der Waals surface area contributed by atoms with Gasteiger partial charge < -0.3 is 4.90 Å². The van der Waals surface area contributed by atoms with E-state index >= 15 is 0 Å². The molecular formula is C11H13ClF3N. The van der Waals surface area contributed by atoms with Crippen LogP contribution in [-0.4, -0.2) is 19.0 Å². The van der Waals surface area contributed by atoms with Gasteiger partial charge in [-0.05, 0) is 19.1 Å². The highest BCUT2D eigenvalue weighted by Gasteiger charge is 2.34. The Morgan fingerprint density at radius 2 is 1.88 bits per heavy atom. The molecule has 0 N–H and O–H groups in total. The van der Waals surface area contributed by atoms with Crippen LogP contribution in [0.1, 0.15) is 12.5 Å². The van der Waals surface area contributed by atoms with E-state index in [-0.39, 0.29) is 11.1 Å². The SMILES string of the molecule is CC(Cl)CN(C)c1ccccc1C(F)(F)F. The zero-order chi connectivity index (χ0) is 12.3. The molecule has 0 heterocycles. The molecule has 0 bridgehead atoms. The molecule has 1 nitrogen and oxygen atoms in total. The molecule has 0 aliphatic heterocycles. The minimum absolute atomic E-state index is 0.155. The molecule has 0 saturated heterocycles. The first-order chi connectivity index (χ1) is 7.32. The van der Waals surface area contributed by atoms with Gasteiger partial charge >= 0.3 is 6.18 Å². The van der Waals surface area contributed by atoms with Crippen LogP contribution in [0.3, 0.4) is 0 Å². The molecule has 0 saturated carbocycles. The molecule has 1 rings (SSSR count). The van der Waals surface area contributed by atoms with E-state index in [0.717, 1.165) is 6.07 Å². The molecule has 5 heteroatoms. The van der Waals surface area contributed by atoms with E-state index in [1.807, 2.05) is 0 Å². The van der Waals surface area contributed by atoms with E-state index in [4.69, 9.17) is 11.6 Å². The summed E-state index contributed by atoms with van der Waals surface area (Å²) in [6.45, 7) is 2.11. The molecule has 0 spiro atoms. The first kappa shape index (κ1) is 13.2. The highest BCUT2D eigenvalue weighted by molar-refractivity contribution is 6.20. The van der Waals surface area contributed by atoms with Gasteiger partial charge in [0.25, 0.3) is 0 Å². The summed E-state index contributed by atoms with van der Waals surface area (Å²) in [5.74, 6) is 0. The summed E-state index contributed by atoms with van der Waals surface area (Å²) >= 11 is 5.77. The predicted octanol–water partition coefficient (Wildman–Crippen LogP) is 3.77. The Hall–Kier alpha value is -0.900. The molecule has 0 radical (unpaired) electrons. The number of para-hydroxylation sites is 1. The van der Waals surface area contributed by atoms with Gasteiger partial charge in [-0.15, -0.1) is 11.6 Å². The van der Waals surface area contributed by atoms with E-state index in [1.165, 1.54) is 17.0 Å². The fraction of sp³-hybridized carbons (Fsp3) is 0.455. The lowest BCUT2D eigenvalue weighted by atomic mass is 10.1. The number of anilines is 1. The smallest absolute Gasteiger partial charge is 0.373 e. The van der Waals surface area contributed by atoms with Crippen molar-refractivity contribution < 1.29 is 13.2 Å². The summed E-state index contributed by atoms with van der Waals surface area (Å²) < 4.78 is 38.1. The molecule has 1 unspecified atom stereocenters. The molecule has 0 fully saturated rings. The molecule has 1 atom stereocenters. The van der Waals surface area contributed by atoms with Gasteiger partial charge in [-0.2, -0.15) is 13.2 Å². The second-order valence-corrected chi connectivity index (χ2v) is 4.42. The van der Waals surface area contributed by atoms with Crippen LogP contribution in [0.5, 0.6) is 0 Å². The lowest BCUT2D eigenvalue weighted by Crippen LogP contribution is -2.26. The number of hydrogen-bond donors (Lipinski definition) is 0. The highest BCUT2D eigenvalue weighted by Crippen LogP contribution is 2.36. The monoisotopic (exact) mass is 251 g/mol. The Kier molecular flexibility index (Phi) is 4.08. The van der Waals surface area contributed by atoms with Crippen LogP contribution in [0.2, 0.25) is 0 Å². The van der Waals surface area contributed by atoms with Crippen molar-refractivity contribution in [1.82, 2.24) is 0 Å². The van der Waals surface area contributed by atoms with Crippen LogP contribution in [-0.2, 0) is 6.18 Å². The summed E-state index contributed by atoms with van der Waals surface area (Å²) in [5, 5.41) is -0.203. The van der Waals surface area contributed by atoms with Crippen molar-refractivity contribution >= 4 is 17.3 Å². The van der Waals surface area contributed by atoms with Crippen molar-refractivity contribution in [1.29, 1.82) is 0 Å². The number of halogens is 4. The third-order valence-electron chi connectivity index (χ3n) is 2.15. The maximum atomic E-state index is 12.7. The van der Waals surface area contributed by atoms with Gasteiger partial charge in [0, 0.05) is 24.7 Å². The molecule has 16 heavy (non-hydrogen) atoms. The Bertz CT molecular complexity index is 349. The minimum atomic E-state index is -4.33. The quantitative estimate of drug-likeness (QED) is 0.739. The van der Waals surface area contributed by atoms with Gasteiger partial charge in [0.15, 0.2) is 0 Å². The number of rotatable bonds is 3. The van der Waals surface area contributed by atoms with Gasteiger partial charge in [0.05, 0.1) is 5.56 Å². The van der Waals surface area contributed by atoms with Crippen molar-refractivity contribution in [3.63, 3.8) is 0 Å². The molecule has 0 amide bonds. The number of alkyl halides is 4. The molecule has 0 aliphatic rings. The minimum Gasteiger partial charge on any atom is -0.373 e. The van der Waals surface area contributed by atoms with Gasteiger partial charge in [-0.25, -0.2) is 0 Å². The average molecular weight is 252 g/mol. The summed E-state index contributed by atoms with van der Waals surface area (Å²) in [7, 11) is 1.60. The van der Waals surface area contributed by atoms with E-state index in [1.54, 1.807) is 20.0 Å². The van der Waals surface area contributed by atoms with Crippen molar-refractivity contribution in [2.45, 2.75) is 18.5 Å². The lowest BCUT2D eigenvalue weighted by Gasteiger charge is -2.24. The standard InChI is InChI=1S/C11H13ClF3N/c1-8(12)7-16(2)10-6-4-3-5-9(10)11(13,14)15/h3-6,8H,7H2,1-2H3. The topological polar surface area (TPSA) is 3.24 Å². The fourth-order valence-corrected chi connectivity index (χ4v) is 1.73. The Morgan fingerprint density at radius 1 is 1.31 bits per heavy atom. The van der Waals surface area contributed by atoms with Gasteiger partial charge in [-0.3, -0.25) is 0 Å². The van der Waals surface area contributed by atoms with Crippen LogP contribution < -0.4 is 4.90 Å². The summed E-state index contributed by atoms with van der Waals surface area (Å²) in [4.78, 5) is 1.51. The van der Waals surface area contributed by atoms with E-state index < -0.39 is 11.7 Å². The molecule has 0 aliphatic carbocycles. The second kappa shape index (κ2) is 4.95.